The van der Waals surface area contributed by atoms with Crippen LogP contribution in [0.2, 0.25) is 10.0 Å². The Hall–Kier alpha value is -1.86. The van der Waals surface area contributed by atoms with Gasteiger partial charge < -0.3 is 0 Å². The second-order valence-electron chi connectivity index (χ2n) is 5.14. The van der Waals surface area contributed by atoms with Crippen molar-refractivity contribution < 1.29 is 4.79 Å². The molecule has 3 aromatic rings. The maximum Gasteiger partial charge on any atom is 0.250 e. The second kappa shape index (κ2) is 9.19. The van der Waals surface area contributed by atoms with Gasteiger partial charge in [-0.15, -0.1) is 11.3 Å². The molecule has 0 atom stereocenters. The quantitative estimate of drug-likeness (QED) is 0.331. The van der Waals surface area contributed by atoms with Crippen molar-refractivity contribution in [1.82, 2.24) is 10.4 Å². The molecule has 26 heavy (non-hydrogen) atoms. The Morgan fingerprint density at radius 3 is 2.77 bits per heavy atom. The lowest BCUT2D eigenvalue weighted by Crippen LogP contribution is -2.19. The number of carbonyl (C=O) groups excluding carboxylic acids is 1. The summed E-state index contributed by atoms with van der Waals surface area (Å²) in [6, 6.07) is 14.7. The van der Waals surface area contributed by atoms with Crippen LogP contribution in [-0.2, 0) is 4.79 Å². The van der Waals surface area contributed by atoms with Crippen LogP contribution < -0.4 is 5.43 Å². The van der Waals surface area contributed by atoms with E-state index in [4.69, 9.17) is 23.2 Å². The summed E-state index contributed by atoms with van der Waals surface area (Å²) in [5, 5.41) is 7.20. The first-order chi connectivity index (χ1) is 12.6. The van der Waals surface area contributed by atoms with E-state index in [1.54, 1.807) is 18.3 Å². The molecule has 1 heterocycles. The van der Waals surface area contributed by atoms with Crippen LogP contribution in [0.3, 0.4) is 0 Å². The fourth-order valence-electron chi connectivity index (χ4n) is 2.00. The van der Waals surface area contributed by atoms with E-state index in [9.17, 15) is 4.79 Å². The molecule has 0 saturated carbocycles. The van der Waals surface area contributed by atoms with Crippen LogP contribution in [0.25, 0.3) is 11.3 Å². The zero-order chi connectivity index (χ0) is 18.4. The van der Waals surface area contributed by atoms with Gasteiger partial charge in [0.15, 0.2) is 4.34 Å². The molecule has 0 radical (unpaired) electrons. The molecule has 8 heteroatoms. The molecule has 1 amide bonds. The minimum absolute atomic E-state index is 0.198. The van der Waals surface area contributed by atoms with Crippen LogP contribution in [-0.4, -0.2) is 22.9 Å². The molecule has 0 spiro atoms. The second-order valence-corrected chi connectivity index (χ2v) is 8.10. The van der Waals surface area contributed by atoms with Crippen molar-refractivity contribution >= 4 is 58.4 Å². The maximum atomic E-state index is 11.9. The van der Waals surface area contributed by atoms with E-state index in [-0.39, 0.29) is 11.7 Å². The van der Waals surface area contributed by atoms with Crippen LogP contribution >= 0.6 is 46.3 Å². The number of thioether (sulfide) groups is 1. The predicted molar refractivity (Wildman–Crippen MR) is 110 cm³/mol. The summed E-state index contributed by atoms with van der Waals surface area (Å²) < 4.78 is 0.823. The lowest BCUT2D eigenvalue weighted by atomic mass is 10.2. The number of carbonyl (C=O) groups is 1. The van der Waals surface area contributed by atoms with E-state index >= 15 is 0 Å². The number of aromatic nitrogens is 1. The summed E-state index contributed by atoms with van der Waals surface area (Å²) in [5.74, 6) is 0.0389. The standard InChI is InChI=1S/C18H13Cl2N3OS2/c19-14-6-4-13(5-7-14)16-10-25-18(22-16)26-11-17(24)23-21-9-12-2-1-3-15(20)8-12/h1-10H,11H2,(H,23,24)/b21-9+. The van der Waals surface area contributed by atoms with Crippen LogP contribution in [0.1, 0.15) is 5.56 Å². The van der Waals surface area contributed by atoms with Gasteiger partial charge in [-0.3, -0.25) is 4.79 Å². The van der Waals surface area contributed by atoms with Crippen molar-refractivity contribution in [3.8, 4) is 11.3 Å². The number of thiazole rings is 1. The van der Waals surface area contributed by atoms with Crippen LogP contribution in [0.4, 0.5) is 0 Å². The molecule has 0 aliphatic rings. The number of hydrogen-bond acceptors (Lipinski definition) is 5. The molecule has 1 N–H and O–H groups in total. The Labute approximate surface area is 169 Å². The first-order valence-electron chi connectivity index (χ1n) is 7.52. The highest BCUT2D eigenvalue weighted by Crippen LogP contribution is 2.28. The van der Waals surface area contributed by atoms with Gasteiger partial charge in [-0.2, -0.15) is 5.10 Å². The minimum atomic E-state index is -0.198. The first kappa shape index (κ1) is 18.9. The van der Waals surface area contributed by atoms with E-state index in [1.807, 2.05) is 41.8 Å². The summed E-state index contributed by atoms with van der Waals surface area (Å²) in [7, 11) is 0. The van der Waals surface area contributed by atoms with Gasteiger partial charge in [-0.1, -0.05) is 59.2 Å². The Morgan fingerprint density at radius 1 is 1.19 bits per heavy atom. The molecule has 132 valence electrons. The number of nitrogens with zero attached hydrogens (tertiary/aromatic N) is 2. The van der Waals surface area contributed by atoms with E-state index in [0.29, 0.717) is 10.0 Å². The summed E-state index contributed by atoms with van der Waals surface area (Å²) in [6.07, 6.45) is 1.55. The van der Waals surface area contributed by atoms with Crippen LogP contribution in [0.15, 0.2) is 63.4 Å². The Bertz CT molecular complexity index is 926. The van der Waals surface area contributed by atoms with E-state index in [1.165, 1.54) is 23.1 Å². The van der Waals surface area contributed by atoms with Gasteiger partial charge in [-0.25, -0.2) is 10.4 Å². The molecular formula is C18H13Cl2N3OS2. The molecular weight excluding hydrogens is 409 g/mol. The smallest absolute Gasteiger partial charge is 0.250 e. The Kier molecular flexibility index (Phi) is 6.68. The number of benzene rings is 2. The number of nitrogens with one attached hydrogen (secondary N) is 1. The van der Waals surface area contributed by atoms with Gasteiger partial charge in [0.25, 0.3) is 5.91 Å². The largest absolute Gasteiger partial charge is 0.272 e. The van der Waals surface area contributed by atoms with Crippen LogP contribution in [0, 0.1) is 0 Å². The summed E-state index contributed by atoms with van der Waals surface area (Å²) >= 11 is 14.7. The molecule has 4 nitrogen and oxygen atoms in total. The first-order valence-corrected chi connectivity index (χ1v) is 10.1. The Balaban J connectivity index is 1.49. The molecule has 1 aromatic heterocycles. The average Bonchev–Trinajstić information content (AvgIpc) is 3.10. The molecule has 0 aliphatic heterocycles. The lowest BCUT2D eigenvalue weighted by Gasteiger charge is -1.98. The van der Waals surface area contributed by atoms with Gasteiger partial charge in [0.2, 0.25) is 0 Å². The zero-order valence-electron chi connectivity index (χ0n) is 13.4. The van der Waals surface area contributed by atoms with E-state index in [0.717, 1.165) is 21.2 Å². The number of rotatable bonds is 6. The van der Waals surface area contributed by atoms with Crippen molar-refractivity contribution in [2.45, 2.75) is 4.34 Å². The molecule has 3 rings (SSSR count). The van der Waals surface area contributed by atoms with E-state index in [2.05, 4.69) is 15.5 Å². The highest BCUT2D eigenvalue weighted by Gasteiger charge is 2.07. The Morgan fingerprint density at radius 2 is 2.00 bits per heavy atom. The molecule has 2 aromatic carbocycles. The average molecular weight is 422 g/mol. The number of amides is 1. The highest BCUT2D eigenvalue weighted by atomic mass is 35.5. The molecule has 0 aliphatic carbocycles. The predicted octanol–water partition coefficient (Wildman–Crippen LogP) is 5.36. The van der Waals surface area contributed by atoms with E-state index < -0.39 is 0 Å². The topological polar surface area (TPSA) is 54.4 Å². The molecule has 0 unspecified atom stereocenters. The fourth-order valence-corrected chi connectivity index (χ4v) is 3.95. The fraction of sp³-hybridized carbons (Fsp3) is 0.0556. The number of halogens is 2. The third-order valence-electron chi connectivity index (χ3n) is 3.20. The zero-order valence-corrected chi connectivity index (χ0v) is 16.5. The number of hydrazone groups is 1. The molecule has 0 bridgehead atoms. The van der Waals surface area contributed by atoms with Crippen molar-refractivity contribution in [3.05, 3.63) is 69.5 Å². The van der Waals surface area contributed by atoms with Crippen LogP contribution in [0.5, 0.6) is 0 Å². The van der Waals surface area contributed by atoms with Crippen molar-refractivity contribution in [2.75, 3.05) is 5.75 Å². The van der Waals surface area contributed by atoms with Crippen molar-refractivity contribution in [2.24, 2.45) is 5.10 Å². The summed E-state index contributed by atoms with van der Waals surface area (Å²) in [5.41, 5.74) is 5.17. The van der Waals surface area contributed by atoms with Gasteiger partial charge in [-0.05, 0) is 29.8 Å². The highest BCUT2D eigenvalue weighted by molar-refractivity contribution is 8.01. The van der Waals surface area contributed by atoms with Gasteiger partial charge in [0.05, 0.1) is 17.7 Å². The third kappa shape index (κ3) is 5.57. The third-order valence-corrected chi connectivity index (χ3v) is 5.71. The number of hydrogen-bond donors (Lipinski definition) is 1. The SMILES string of the molecule is O=C(CSc1nc(-c2ccc(Cl)cc2)cs1)N/N=C/c1cccc(Cl)c1. The maximum absolute atomic E-state index is 11.9. The van der Waals surface area contributed by atoms with Crippen molar-refractivity contribution in [3.63, 3.8) is 0 Å². The lowest BCUT2D eigenvalue weighted by molar-refractivity contribution is -0.118. The van der Waals surface area contributed by atoms with Gasteiger partial charge >= 0.3 is 0 Å². The molecule has 0 fully saturated rings. The van der Waals surface area contributed by atoms with Crippen molar-refractivity contribution in [1.29, 1.82) is 0 Å². The van der Waals surface area contributed by atoms with Gasteiger partial charge in [0, 0.05) is 21.0 Å². The normalized spacial score (nSPS) is 11.0. The molecule has 0 saturated heterocycles. The van der Waals surface area contributed by atoms with Gasteiger partial charge in [0.1, 0.15) is 0 Å². The monoisotopic (exact) mass is 421 g/mol. The summed E-state index contributed by atoms with van der Waals surface area (Å²) in [4.78, 5) is 16.4. The minimum Gasteiger partial charge on any atom is -0.272 e. The summed E-state index contributed by atoms with van der Waals surface area (Å²) in [6.45, 7) is 0.